The first kappa shape index (κ1) is 13.2. The van der Waals surface area contributed by atoms with Gasteiger partial charge in [-0.15, -0.1) is 0 Å². The summed E-state index contributed by atoms with van der Waals surface area (Å²) in [5, 5.41) is 0. The molecule has 1 atom stereocenters. The molecule has 0 saturated heterocycles. The highest BCUT2D eigenvalue weighted by atomic mass is 16.6. The van der Waals surface area contributed by atoms with E-state index in [0.29, 0.717) is 17.3 Å². The average Bonchev–Trinajstić information content (AvgIpc) is 2.53. The zero-order chi connectivity index (χ0) is 14.8. The maximum atomic E-state index is 11.4. The van der Waals surface area contributed by atoms with Crippen LogP contribution in [0.2, 0.25) is 0 Å². The van der Waals surface area contributed by atoms with Gasteiger partial charge in [-0.25, -0.2) is 14.8 Å². The molecule has 7 nitrogen and oxygen atoms in total. The Hall–Kier alpha value is -2.83. The van der Waals surface area contributed by atoms with E-state index in [9.17, 15) is 4.79 Å². The number of carbonyl (C=O) groups is 1. The summed E-state index contributed by atoms with van der Waals surface area (Å²) < 4.78 is 16.0. The van der Waals surface area contributed by atoms with E-state index in [1.807, 2.05) is 18.2 Å². The molecule has 0 radical (unpaired) electrons. The number of fused-ring (bicyclic) bond motifs is 1. The van der Waals surface area contributed by atoms with Crippen LogP contribution in [0.15, 0.2) is 30.5 Å². The molecule has 0 spiro atoms. The van der Waals surface area contributed by atoms with Gasteiger partial charge in [0.1, 0.15) is 18.0 Å². The van der Waals surface area contributed by atoms with E-state index < -0.39 is 12.1 Å². The minimum absolute atomic E-state index is 0.0503. The van der Waals surface area contributed by atoms with Crippen molar-refractivity contribution in [1.82, 2.24) is 9.97 Å². The van der Waals surface area contributed by atoms with E-state index in [4.69, 9.17) is 15.2 Å². The van der Waals surface area contributed by atoms with Crippen molar-refractivity contribution in [2.45, 2.75) is 6.10 Å². The van der Waals surface area contributed by atoms with Gasteiger partial charge in [-0.3, -0.25) is 0 Å². The molecule has 0 fully saturated rings. The first-order valence-corrected chi connectivity index (χ1v) is 6.28. The van der Waals surface area contributed by atoms with Crippen molar-refractivity contribution in [3.8, 4) is 11.5 Å². The molecule has 0 amide bonds. The number of hydrogen-bond acceptors (Lipinski definition) is 7. The quantitative estimate of drug-likeness (QED) is 0.833. The smallest absolute Gasteiger partial charge is 0.343 e. The highest BCUT2D eigenvalue weighted by Crippen LogP contribution is 2.35. The molecule has 3 rings (SSSR count). The van der Waals surface area contributed by atoms with Gasteiger partial charge in [0.15, 0.2) is 23.4 Å². The Bertz CT molecular complexity index is 690. The Kier molecular flexibility index (Phi) is 3.31. The molecule has 0 saturated carbocycles. The number of aromatic nitrogens is 2. The third kappa shape index (κ3) is 2.45. The van der Waals surface area contributed by atoms with Gasteiger partial charge in [0.2, 0.25) is 0 Å². The van der Waals surface area contributed by atoms with Crippen LogP contribution in [0.4, 0.5) is 5.82 Å². The highest BCUT2D eigenvalue weighted by Gasteiger charge is 2.26. The number of nitrogens with zero attached hydrogens (tertiary/aromatic N) is 2. The second-order valence-corrected chi connectivity index (χ2v) is 4.38. The first-order valence-electron chi connectivity index (χ1n) is 6.28. The van der Waals surface area contributed by atoms with Crippen LogP contribution in [0.3, 0.4) is 0 Å². The van der Waals surface area contributed by atoms with Crippen molar-refractivity contribution in [1.29, 1.82) is 0 Å². The van der Waals surface area contributed by atoms with E-state index in [2.05, 4.69) is 14.7 Å². The van der Waals surface area contributed by atoms with Gasteiger partial charge in [-0.1, -0.05) is 12.1 Å². The molecule has 0 aliphatic carbocycles. The van der Waals surface area contributed by atoms with Crippen LogP contribution < -0.4 is 15.2 Å². The lowest BCUT2D eigenvalue weighted by Gasteiger charge is -2.25. The molecule has 2 aromatic rings. The number of benzene rings is 1. The second-order valence-electron chi connectivity index (χ2n) is 4.38. The molecule has 1 aromatic carbocycles. The zero-order valence-electron chi connectivity index (χ0n) is 11.3. The van der Waals surface area contributed by atoms with E-state index in [1.165, 1.54) is 13.3 Å². The Morgan fingerprint density at radius 1 is 1.38 bits per heavy atom. The van der Waals surface area contributed by atoms with Crippen LogP contribution in [0.25, 0.3) is 0 Å². The Morgan fingerprint density at radius 2 is 2.14 bits per heavy atom. The number of carbonyl (C=O) groups excluding carboxylic acids is 1. The first-order chi connectivity index (χ1) is 10.2. The van der Waals surface area contributed by atoms with Crippen molar-refractivity contribution in [2.24, 2.45) is 0 Å². The molecule has 108 valence electrons. The molecular formula is C14H13N3O4. The van der Waals surface area contributed by atoms with E-state index in [-0.39, 0.29) is 18.0 Å². The fourth-order valence-corrected chi connectivity index (χ4v) is 1.98. The van der Waals surface area contributed by atoms with E-state index >= 15 is 0 Å². The van der Waals surface area contributed by atoms with Gasteiger partial charge < -0.3 is 19.9 Å². The molecular weight excluding hydrogens is 274 g/mol. The fourth-order valence-electron chi connectivity index (χ4n) is 1.98. The minimum Gasteiger partial charge on any atom is -0.485 e. The fraction of sp³-hybridized carbons (Fsp3) is 0.214. The molecule has 1 unspecified atom stereocenters. The van der Waals surface area contributed by atoms with Gasteiger partial charge in [-0.2, -0.15) is 0 Å². The number of ether oxygens (including phenoxy) is 3. The summed E-state index contributed by atoms with van der Waals surface area (Å²) in [6, 6.07) is 7.33. The SMILES string of the molecule is COC(=O)c1cnc(C2COc3ccccc3O2)nc1N. The minimum atomic E-state index is -0.579. The second kappa shape index (κ2) is 5.28. The average molecular weight is 287 g/mol. The van der Waals surface area contributed by atoms with Gasteiger partial charge in [-0.05, 0) is 12.1 Å². The number of para-hydroxylation sites is 2. The van der Waals surface area contributed by atoms with Crippen molar-refractivity contribution < 1.29 is 19.0 Å². The summed E-state index contributed by atoms with van der Waals surface area (Å²) in [5.41, 5.74) is 5.87. The van der Waals surface area contributed by atoms with Crippen LogP contribution in [0.5, 0.6) is 11.5 Å². The number of hydrogen-bond donors (Lipinski definition) is 1. The monoisotopic (exact) mass is 287 g/mol. The maximum Gasteiger partial charge on any atom is 0.343 e. The lowest BCUT2D eigenvalue weighted by Crippen LogP contribution is -2.24. The number of nitrogens with two attached hydrogens (primary N) is 1. The third-order valence-corrected chi connectivity index (χ3v) is 3.04. The van der Waals surface area contributed by atoms with Crippen molar-refractivity contribution in [3.05, 3.63) is 41.9 Å². The van der Waals surface area contributed by atoms with Crippen molar-refractivity contribution in [3.63, 3.8) is 0 Å². The lowest BCUT2D eigenvalue weighted by molar-refractivity contribution is 0.0600. The molecule has 21 heavy (non-hydrogen) atoms. The number of esters is 1. The zero-order valence-corrected chi connectivity index (χ0v) is 11.3. The maximum absolute atomic E-state index is 11.4. The number of anilines is 1. The summed E-state index contributed by atoms with van der Waals surface area (Å²) in [6.45, 7) is 0.272. The largest absolute Gasteiger partial charge is 0.485 e. The van der Waals surface area contributed by atoms with Crippen LogP contribution in [-0.2, 0) is 4.74 Å². The third-order valence-electron chi connectivity index (χ3n) is 3.04. The Morgan fingerprint density at radius 3 is 2.86 bits per heavy atom. The molecule has 2 N–H and O–H groups in total. The molecule has 7 heteroatoms. The van der Waals surface area contributed by atoms with Crippen LogP contribution in [0, 0.1) is 0 Å². The van der Waals surface area contributed by atoms with Crippen LogP contribution in [0.1, 0.15) is 22.3 Å². The van der Waals surface area contributed by atoms with Gasteiger partial charge in [0, 0.05) is 6.20 Å². The molecule has 1 aliphatic rings. The van der Waals surface area contributed by atoms with E-state index in [1.54, 1.807) is 6.07 Å². The van der Waals surface area contributed by atoms with E-state index in [0.717, 1.165) is 0 Å². The molecule has 1 aliphatic heterocycles. The Labute approximate surface area is 120 Å². The summed E-state index contributed by atoms with van der Waals surface area (Å²) >= 11 is 0. The van der Waals surface area contributed by atoms with Gasteiger partial charge in [0.05, 0.1) is 7.11 Å². The summed E-state index contributed by atoms with van der Waals surface area (Å²) in [6.07, 6.45) is 0.849. The predicted octanol–water partition coefficient (Wildman–Crippen LogP) is 1.36. The molecule has 2 heterocycles. The predicted molar refractivity (Wildman–Crippen MR) is 73.1 cm³/mol. The Balaban J connectivity index is 1.86. The van der Waals surface area contributed by atoms with Gasteiger partial charge in [0.25, 0.3) is 0 Å². The standard InChI is InChI=1S/C14H13N3O4/c1-19-14(18)8-6-16-13(17-12(8)15)11-7-20-9-4-2-3-5-10(9)21-11/h2-6,11H,7H2,1H3,(H2,15,16,17). The normalized spacial score (nSPS) is 16.3. The summed E-state index contributed by atoms with van der Waals surface area (Å²) in [4.78, 5) is 19.7. The van der Waals surface area contributed by atoms with Crippen LogP contribution >= 0.6 is 0 Å². The highest BCUT2D eigenvalue weighted by molar-refractivity contribution is 5.93. The number of methoxy groups -OCH3 is 1. The van der Waals surface area contributed by atoms with Crippen molar-refractivity contribution in [2.75, 3.05) is 19.5 Å². The topological polar surface area (TPSA) is 96.6 Å². The number of nitrogen functional groups attached to an aromatic ring is 1. The summed E-state index contributed by atoms with van der Waals surface area (Å²) in [5.74, 6) is 1.12. The number of rotatable bonds is 2. The van der Waals surface area contributed by atoms with Crippen LogP contribution in [-0.4, -0.2) is 29.7 Å². The molecule has 1 aromatic heterocycles. The van der Waals surface area contributed by atoms with Gasteiger partial charge >= 0.3 is 5.97 Å². The molecule has 0 bridgehead atoms. The summed E-state index contributed by atoms with van der Waals surface area (Å²) in [7, 11) is 1.27. The van der Waals surface area contributed by atoms with Crippen molar-refractivity contribution >= 4 is 11.8 Å². The lowest BCUT2D eigenvalue weighted by atomic mass is 10.2.